The largest absolute Gasteiger partial charge is 0.366 e. The summed E-state index contributed by atoms with van der Waals surface area (Å²) in [6.45, 7) is 2.29. The van der Waals surface area contributed by atoms with Gasteiger partial charge in [0.05, 0.1) is 17.3 Å². The van der Waals surface area contributed by atoms with Crippen molar-refractivity contribution in [3.63, 3.8) is 0 Å². The summed E-state index contributed by atoms with van der Waals surface area (Å²) in [5, 5.41) is 12.1. The molecule has 1 heterocycles. The van der Waals surface area contributed by atoms with Gasteiger partial charge < -0.3 is 15.1 Å². The minimum absolute atomic E-state index is 0.187. The Labute approximate surface area is 161 Å². The predicted molar refractivity (Wildman–Crippen MR) is 101 cm³/mol. The molecule has 1 aliphatic rings. The summed E-state index contributed by atoms with van der Waals surface area (Å²) in [7, 11) is 1.63. The SMILES string of the molecule is CN=C(NCc1cc(C#N)ccc1F)N1CCN(c2cc(F)ccc2F)CC1. The van der Waals surface area contributed by atoms with Crippen LogP contribution in [0.2, 0.25) is 0 Å². The fourth-order valence-corrected chi connectivity index (χ4v) is 3.17. The van der Waals surface area contributed by atoms with Gasteiger partial charge in [-0.2, -0.15) is 5.26 Å². The second-order valence-electron chi connectivity index (χ2n) is 6.39. The van der Waals surface area contributed by atoms with Crippen molar-refractivity contribution in [2.24, 2.45) is 4.99 Å². The number of anilines is 1. The molecule has 0 saturated carbocycles. The van der Waals surface area contributed by atoms with Crippen LogP contribution in [0.1, 0.15) is 11.1 Å². The number of benzene rings is 2. The Morgan fingerprint density at radius 2 is 1.79 bits per heavy atom. The van der Waals surface area contributed by atoms with Crippen molar-refractivity contribution in [2.75, 3.05) is 38.1 Å². The van der Waals surface area contributed by atoms with Gasteiger partial charge in [0, 0.05) is 51.4 Å². The van der Waals surface area contributed by atoms with Crippen LogP contribution in [0.25, 0.3) is 0 Å². The first-order valence-corrected chi connectivity index (χ1v) is 8.86. The van der Waals surface area contributed by atoms with E-state index >= 15 is 0 Å². The van der Waals surface area contributed by atoms with Crippen molar-refractivity contribution in [1.82, 2.24) is 10.2 Å². The molecule has 8 heteroatoms. The van der Waals surface area contributed by atoms with Gasteiger partial charge in [-0.15, -0.1) is 0 Å². The van der Waals surface area contributed by atoms with E-state index in [1.54, 1.807) is 11.9 Å². The molecule has 0 spiro atoms. The first-order chi connectivity index (χ1) is 13.5. The zero-order valence-corrected chi connectivity index (χ0v) is 15.4. The Morgan fingerprint density at radius 3 is 2.46 bits per heavy atom. The maximum atomic E-state index is 14.0. The van der Waals surface area contributed by atoms with Crippen LogP contribution in [0, 0.1) is 28.8 Å². The lowest BCUT2D eigenvalue weighted by molar-refractivity contribution is 0.370. The van der Waals surface area contributed by atoms with Crippen LogP contribution in [0.3, 0.4) is 0 Å². The second-order valence-corrected chi connectivity index (χ2v) is 6.39. The van der Waals surface area contributed by atoms with Crippen molar-refractivity contribution in [1.29, 1.82) is 5.26 Å². The molecule has 2 aromatic carbocycles. The van der Waals surface area contributed by atoms with Gasteiger partial charge in [-0.1, -0.05) is 0 Å². The van der Waals surface area contributed by atoms with E-state index < -0.39 is 17.5 Å². The number of nitriles is 1. The third kappa shape index (κ3) is 4.36. The lowest BCUT2D eigenvalue weighted by Gasteiger charge is -2.37. The summed E-state index contributed by atoms with van der Waals surface area (Å²) < 4.78 is 41.3. The Hall–Kier alpha value is -3.21. The van der Waals surface area contributed by atoms with E-state index in [4.69, 9.17) is 5.26 Å². The molecule has 0 aromatic heterocycles. The van der Waals surface area contributed by atoms with Crippen LogP contribution in [0.5, 0.6) is 0 Å². The number of hydrogen-bond acceptors (Lipinski definition) is 3. The number of piperazine rings is 1. The molecule has 1 aliphatic heterocycles. The van der Waals surface area contributed by atoms with E-state index in [-0.39, 0.29) is 12.2 Å². The molecule has 5 nitrogen and oxygen atoms in total. The van der Waals surface area contributed by atoms with Crippen molar-refractivity contribution >= 4 is 11.6 Å². The van der Waals surface area contributed by atoms with Crippen molar-refractivity contribution in [3.8, 4) is 6.07 Å². The van der Waals surface area contributed by atoms with Gasteiger partial charge in [0.15, 0.2) is 5.96 Å². The van der Waals surface area contributed by atoms with E-state index in [1.807, 2.05) is 11.0 Å². The molecule has 0 aliphatic carbocycles. The molecule has 2 aromatic rings. The number of guanidine groups is 1. The van der Waals surface area contributed by atoms with Crippen molar-refractivity contribution < 1.29 is 13.2 Å². The summed E-state index contributed by atoms with van der Waals surface area (Å²) in [4.78, 5) is 7.98. The minimum atomic E-state index is -0.474. The normalized spacial score (nSPS) is 14.8. The fraction of sp³-hybridized carbons (Fsp3) is 0.300. The van der Waals surface area contributed by atoms with Crippen molar-refractivity contribution in [3.05, 3.63) is 65.0 Å². The lowest BCUT2D eigenvalue weighted by atomic mass is 10.1. The molecule has 0 bridgehead atoms. The maximum absolute atomic E-state index is 14.0. The van der Waals surface area contributed by atoms with E-state index in [0.29, 0.717) is 43.3 Å². The molecule has 146 valence electrons. The molecular formula is C20H20F3N5. The highest BCUT2D eigenvalue weighted by molar-refractivity contribution is 5.80. The van der Waals surface area contributed by atoms with Gasteiger partial charge in [-0.05, 0) is 30.3 Å². The maximum Gasteiger partial charge on any atom is 0.194 e. The molecule has 1 fully saturated rings. The van der Waals surface area contributed by atoms with E-state index in [1.165, 1.54) is 24.3 Å². The van der Waals surface area contributed by atoms with Crippen LogP contribution in [-0.2, 0) is 6.54 Å². The number of aliphatic imine (C=N–C) groups is 1. The monoisotopic (exact) mass is 387 g/mol. The van der Waals surface area contributed by atoms with Gasteiger partial charge >= 0.3 is 0 Å². The topological polar surface area (TPSA) is 54.7 Å². The molecular weight excluding hydrogens is 367 g/mol. The number of nitrogens with zero attached hydrogens (tertiary/aromatic N) is 4. The summed E-state index contributed by atoms with van der Waals surface area (Å²) in [6, 6.07) is 9.61. The molecule has 0 radical (unpaired) electrons. The summed E-state index contributed by atoms with van der Waals surface area (Å²) in [5.74, 6) is -0.738. The summed E-state index contributed by atoms with van der Waals surface area (Å²) >= 11 is 0. The zero-order valence-electron chi connectivity index (χ0n) is 15.4. The van der Waals surface area contributed by atoms with E-state index in [0.717, 1.165) is 12.1 Å². The zero-order chi connectivity index (χ0) is 20.1. The van der Waals surface area contributed by atoms with Crippen LogP contribution in [0.4, 0.5) is 18.9 Å². The van der Waals surface area contributed by atoms with Crippen molar-refractivity contribution in [2.45, 2.75) is 6.54 Å². The third-order valence-electron chi connectivity index (χ3n) is 4.65. The molecule has 0 amide bonds. The Bertz CT molecular complexity index is 915. The Morgan fingerprint density at radius 1 is 1.07 bits per heavy atom. The number of nitrogens with one attached hydrogen (secondary N) is 1. The second kappa shape index (κ2) is 8.65. The van der Waals surface area contributed by atoms with Gasteiger partial charge in [0.1, 0.15) is 17.5 Å². The smallest absolute Gasteiger partial charge is 0.194 e. The average Bonchev–Trinajstić information content (AvgIpc) is 2.72. The Kier molecular flexibility index (Phi) is 6.04. The average molecular weight is 387 g/mol. The highest BCUT2D eigenvalue weighted by Gasteiger charge is 2.22. The van der Waals surface area contributed by atoms with Gasteiger partial charge in [-0.25, -0.2) is 13.2 Å². The first-order valence-electron chi connectivity index (χ1n) is 8.86. The predicted octanol–water partition coefficient (Wildman–Crippen LogP) is 2.87. The van der Waals surface area contributed by atoms with Crippen LogP contribution in [-0.4, -0.2) is 44.1 Å². The number of halogens is 3. The molecule has 3 rings (SSSR count). The number of rotatable bonds is 3. The highest BCUT2D eigenvalue weighted by Crippen LogP contribution is 2.22. The summed E-state index contributed by atoms with van der Waals surface area (Å²) in [5.41, 5.74) is 1.01. The standard InChI is InChI=1S/C20H20F3N5/c1-25-20(26-13-15-10-14(12-24)2-4-17(15)22)28-8-6-27(7-9-28)19-11-16(21)3-5-18(19)23/h2-5,10-11H,6-9,13H2,1H3,(H,25,26). The third-order valence-corrected chi connectivity index (χ3v) is 4.65. The molecule has 0 atom stereocenters. The lowest BCUT2D eigenvalue weighted by Crippen LogP contribution is -2.52. The van der Waals surface area contributed by atoms with Gasteiger partial charge in [0.25, 0.3) is 0 Å². The highest BCUT2D eigenvalue weighted by atomic mass is 19.1. The van der Waals surface area contributed by atoms with E-state index in [9.17, 15) is 13.2 Å². The Balaban J connectivity index is 1.61. The number of hydrogen-bond donors (Lipinski definition) is 1. The fourth-order valence-electron chi connectivity index (χ4n) is 3.17. The first kappa shape index (κ1) is 19.5. The molecule has 0 unspecified atom stereocenters. The molecule has 1 N–H and O–H groups in total. The van der Waals surface area contributed by atoms with Crippen LogP contribution >= 0.6 is 0 Å². The molecule has 28 heavy (non-hydrogen) atoms. The van der Waals surface area contributed by atoms with Crippen LogP contribution < -0.4 is 10.2 Å². The van der Waals surface area contributed by atoms with Gasteiger partial charge in [-0.3, -0.25) is 4.99 Å². The van der Waals surface area contributed by atoms with E-state index in [2.05, 4.69) is 10.3 Å². The minimum Gasteiger partial charge on any atom is -0.366 e. The quantitative estimate of drug-likeness (QED) is 0.650. The van der Waals surface area contributed by atoms with Gasteiger partial charge in [0.2, 0.25) is 0 Å². The molecule has 1 saturated heterocycles. The summed E-state index contributed by atoms with van der Waals surface area (Å²) in [6.07, 6.45) is 0. The van der Waals surface area contributed by atoms with Crippen LogP contribution in [0.15, 0.2) is 41.4 Å².